The minimum Gasteiger partial charge on any atom is -0.362 e. The average molecular weight is 455 g/mol. The van der Waals surface area contributed by atoms with E-state index in [4.69, 9.17) is 11.6 Å². The first-order valence-electron chi connectivity index (χ1n) is 10.6. The van der Waals surface area contributed by atoms with Crippen LogP contribution in [0.25, 0.3) is 0 Å². The number of halogens is 4. The number of carbonyl (C=O) groups excluding carboxylic acids is 1. The van der Waals surface area contributed by atoms with E-state index in [1.165, 1.54) is 0 Å². The first kappa shape index (κ1) is 22.0. The number of rotatable bonds is 3. The van der Waals surface area contributed by atoms with E-state index in [1.807, 2.05) is 31.2 Å². The summed E-state index contributed by atoms with van der Waals surface area (Å²) in [5.74, 6) is -0.394. The van der Waals surface area contributed by atoms with Gasteiger partial charge in [0.2, 0.25) is 0 Å². The number of aromatic nitrogens is 2. The Morgan fingerprint density at radius 1 is 1.19 bits per heavy atom. The Labute approximate surface area is 184 Å². The molecule has 0 bridgehead atoms. The molecule has 9 heteroatoms. The van der Waals surface area contributed by atoms with Crippen molar-refractivity contribution in [2.75, 3.05) is 12.4 Å². The second-order valence-electron chi connectivity index (χ2n) is 8.56. The number of aryl methyl sites for hydroxylation is 1. The summed E-state index contributed by atoms with van der Waals surface area (Å²) in [6.45, 7) is 1.92. The summed E-state index contributed by atoms with van der Waals surface area (Å²) in [6.07, 6.45) is 0.208. The Bertz CT molecular complexity index is 951. The molecule has 1 aliphatic carbocycles. The number of benzene rings is 1. The van der Waals surface area contributed by atoms with Crippen LogP contribution in [0.15, 0.2) is 24.3 Å². The third-order valence-electron chi connectivity index (χ3n) is 6.42. The van der Waals surface area contributed by atoms with Crippen LogP contribution < -0.4 is 5.32 Å². The van der Waals surface area contributed by atoms with Crippen LogP contribution in [0, 0.1) is 6.92 Å². The zero-order valence-electron chi connectivity index (χ0n) is 17.5. The van der Waals surface area contributed by atoms with Crippen molar-refractivity contribution in [3.8, 4) is 0 Å². The molecule has 1 amide bonds. The molecule has 2 aromatic rings. The van der Waals surface area contributed by atoms with Crippen LogP contribution in [-0.2, 0) is 0 Å². The van der Waals surface area contributed by atoms with E-state index in [-0.39, 0.29) is 29.0 Å². The number of carbonyl (C=O) groups is 1. The average Bonchev–Trinajstić information content (AvgIpc) is 3.09. The molecule has 1 fully saturated rings. The van der Waals surface area contributed by atoms with Gasteiger partial charge in [-0.2, -0.15) is 18.3 Å². The van der Waals surface area contributed by atoms with Gasteiger partial charge < -0.3 is 10.2 Å². The van der Waals surface area contributed by atoms with E-state index in [1.54, 1.807) is 11.9 Å². The lowest BCUT2D eigenvalue weighted by atomic mass is 9.94. The molecule has 1 N–H and O–H groups in total. The predicted octanol–water partition coefficient (Wildman–Crippen LogP) is 5.91. The molecule has 0 spiro atoms. The molecule has 0 radical (unpaired) electrons. The summed E-state index contributed by atoms with van der Waals surface area (Å²) >= 11 is 6.45. The summed E-state index contributed by atoms with van der Waals surface area (Å²) in [7, 11) is 1.68. The Balaban J connectivity index is 1.68. The molecule has 0 saturated heterocycles. The van der Waals surface area contributed by atoms with Gasteiger partial charge in [-0.25, -0.2) is 4.68 Å². The molecular weight excluding hydrogens is 429 g/mol. The number of anilines is 1. The highest BCUT2D eigenvalue weighted by molar-refractivity contribution is 6.36. The molecule has 31 heavy (non-hydrogen) atoms. The van der Waals surface area contributed by atoms with Gasteiger partial charge in [-0.15, -0.1) is 0 Å². The van der Waals surface area contributed by atoms with Gasteiger partial charge in [0, 0.05) is 19.5 Å². The zero-order valence-corrected chi connectivity index (χ0v) is 18.3. The van der Waals surface area contributed by atoms with E-state index in [0.29, 0.717) is 0 Å². The van der Waals surface area contributed by atoms with Crippen LogP contribution in [0.4, 0.5) is 19.0 Å². The van der Waals surface area contributed by atoms with E-state index in [0.717, 1.165) is 47.9 Å². The summed E-state index contributed by atoms with van der Waals surface area (Å²) in [6, 6.07) is 4.94. The molecule has 2 heterocycles. The zero-order chi connectivity index (χ0) is 22.3. The van der Waals surface area contributed by atoms with E-state index < -0.39 is 24.2 Å². The number of hydrogen-bond donors (Lipinski definition) is 1. The Hall–Kier alpha value is -2.22. The van der Waals surface area contributed by atoms with E-state index in [9.17, 15) is 18.0 Å². The second-order valence-corrected chi connectivity index (χ2v) is 8.94. The Morgan fingerprint density at radius 3 is 2.45 bits per heavy atom. The Kier molecular flexibility index (Phi) is 5.94. The smallest absolute Gasteiger partial charge is 0.362 e. The van der Waals surface area contributed by atoms with E-state index >= 15 is 0 Å². The number of nitrogens with one attached hydrogen (secondary N) is 1. The SMILES string of the molecule is Cc1ccc([C@H]2C[C@H](C(F)(F)F)n3nc(C(=O)N(C)C4CCCCC4)c(Cl)c3N2)cc1. The van der Waals surface area contributed by atoms with Gasteiger partial charge in [-0.3, -0.25) is 4.79 Å². The van der Waals surface area contributed by atoms with Crippen LogP contribution >= 0.6 is 11.6 Å². The van der Waals surface area contributed by atoms with Crippen molar-refractivity contribution in [1.29, 1.82) is 0 Å². The highest BCUT2D eigenvalue weighted by Crippen LogP contribution is 2.46. The van der Waals surface area contributed by atoms with Gasteiger partial charge >= 0.3 is 6.18 Å². The van der Waals surface area contributed by atoms with Gasteiger partial charge in [0.25, 0.3) is 5.91 Å². The molecule has 4 rings (SSSR count). The minimum atomic E-state index is -4.52. The largest absolute Gasteiger partial charge is 0.410 e. The Morgan fingerprint density at radius 2 is 1.84 bits per heavy atom. The van der Waals surface area contributed by atoms with Gasteiger partial charge in [0.05, 0.1) is 6.04 Å². The van der Waals surface area contributed by atoms with Crippen molar-refractivity contribution >= 4 is 23.3 Å². The summed E-state index contributed by atoms with van der Waals surface area (Å²) < 4.78 is 42.7. The monoisotopic (exact) mass is 454 g/mol. The third kappa shape index (κ3) is 4.27. The highest BCUT2D eigenvalue weighted by atomic mass is 35.5. The molecule has 168 valence electrons. The van der Waals surface area contributed by atoms with Gasteiger partial charge in [-0.05, 0) is 25.3 Å². The molecule has 1 saturated carbocycles. The molecule has 5 nitrogen and oxygen atoms in total. The quantitative estimate of drug-likeness (QED) is 0.627. The maximum Gasteiger partial charge on any atom is 0.410 e. The minimum absolute atomic E-state index is 0.0428. The first-order valence-corrected chi connectivity index (χ1v) is 11.0. The molecular formula is C22H26ClF3N4O. The lowest BCUT2D eigenvalue weighted by Crippen LogP contribution is -2.39. The standard InChI is InChI=1S/C22H26ClF3N4O/c1-13-8-10-14(11-9-13)16-12-17(22(24,25)26)30-20(27-16)18(23)19(28-30)21(31)29(2)15-6-4-3-5-7-15/h8-11,15-17,27H,3-7,12H2,1-2H3/t16-,17-/m1/s1. The number of alkyl halides is 3. The molecule has 2 atom stereocenters. The predicted molar refractivity (Wildman–Crippen MR) is 113 cm³/mol. The fraction of sp³-hybridized carbons (Fsp3) is 0.545. The topological polar surface area (TPSA) is 50.2 Å². The molecule has 0 unspecified atom stereocenters. The van der Waals surface area contributed by atoms with Crippen molar-refractivity contribution in [1.82, 2.24) is 14.7 Å². The first-order chi connectivity index (χ1) is 14.7. The molecule has 1 aromatic heterocycles. The molecule has 2 aliphatic rings. The van der Waals surface area contributed by atoms with Gasteiger partial charge in [-0.1, -0.05) is 60.7 Å². The van der Waals surface area contributed by atoms with Gasteiger partial charge in [0.15, 0.2) is 11.7 Å². The van der Waals surface area contributed by atoms with Crippen molar-refractivity contribution in [3.63, 3.8) is 0 Å². The fourth-order valence-corrected chi connectivity index (χ4v) is 4.80. The lowest BCUT2D eigenvalue weighted by Gasteiger charge is -2.33. The fourth-order valence-electron chi connectivity index (χ4n) is 4.54. The normalized spacial score (nSPS) is 22.0. The van der Waals surface area contributed by atoms with Crippen LogP contribution in [0.3, 0.4) is 0 Å². The van der Waals surface area contributed by atoms with Crippen LogP contribution in [-0.4, -0.2) is 39.9 Å². The van der Waals surface area contributed by atoms with Crippen molar-refractivity contribution in [2.45, 2.75) is 69.8 Å². The van der Waals surface area contributed by atoms with Gasteiger partial charge in [0.1, 0.15) is 10.8 Å². The highest BCUT2D eigenvalue weighted by Gasteiger charge is 2.48. The van der Waals surface area contributed by atoms with Crippen LogP contribution in [0.1, 0.15) is 72.2 Å². The maximum atomic E-state index is 13.9. The number of nitrogens with zero attached hydrogens (tertiary/aromatic N) is 3. The van der Waals surface area contributed by atoms with Crippen molar-refractivity contribution in [3.05, 3.63) is 46.1 Å². The number of hydrogen-bond acceptors (Lipinski definition) is 3. The van der Waals surface area contributed by atoms with Crippen molar-refractivity contribution in [2.24, 2.45) is 0 Å². The summed E-state index contributed by atoms with van der Waals surface area (Å²) in [5.41, 5.74) is 1.63. The van der Waals surface area contributed by atoms with Crippen molar-refractivity contribution < 1.29 is 18.0 Å². The maximum absolute atomic E-state index is 13.9. The summed E-state index contributed by atoms with van der Waals surface area (Å²) in [4.78, 5) is 14.7. The molecule has 1 aromatic carbocycles. The third-order valence-corrected chi connectivity index (χ3v) is 6.78. The van der Waals surface area contributed by atoms with Crippen LogP contribution in [0.2, 0.25) is 5.02 Å². The van der Waals surface area contributed by atoms with E-state index in [2.05, 4.69) is 10.4 Å². The number of amides is 1. The second kappa shape index (κ2) is 8.37. The lowest BCUT2D eigenvalue weighted by molar-refractivity contribution is -0.173. The number of fused-ring (bicyclic) bond motifs is 1. The molecule has 1 aliphatic heterocycles. The van der Waals surface area contributed by atoms with Crippen LogP contribution in [0.5, 0.6) is 0 Å². The summed E-state index contributed by atoms with van der Waals surface area (Å²) in [5, 5.41) is 7.11.